The average molecular weight is 218 g/mol. The first-order valence-corrected chi connectivity index (χ1v) is 6.01. The van der Waals surface area contributed by atoms with E-state index in [4.69, 9.17) is 14.6 Å². The molecular formula is C12H26O3. The number of ether oxygens (including phenoxy) is 2. The molecule has 0 amide bonds. The standard InChI is InChI=1S/C12H26O3/c1-14-12(15-2)10-8-6-4-3-5-7-9-11-13/h12-13H,3-11H2,1-2H3. The molecule has 15 heavy (non-hydrogen) atoms. The van der Waals surface area contributed by atoms with Gasteiger partial charge in [0.1, 0.15) is 0 Å². The smallest absolute Gasteiger partial charge is 0.156 e. The van der Waals surface area contributed by atoms with Gasteiger partial charge in [-0.05, 0) is 19.3 Å². The van der Waals surface area contributed by atoms with Crippen molar-refractivity contribution in [3.8, 4) is 0 Å². The molecule has 0 aliphatic carbocycles. The molecule has 0 rings (SSSR count). The van der Waals surface area contributed by atoms with Crippen molar-refractivity contribution in [2.45, 2.75) is 57.7 Å². The number of methoxy groups -OCH3 is 2. The summed E-state index contributed by atoms with van der Waals surface area (Å²) in [6.07, 6.45) is 9.32. The van der Waals surface area contributed by atoms with E-state index < -0.39 is 0 Å². The van der Waals surface area contributed by atoms with E-state index in [1.54, 1.807) is 14.2 Å². The number of unbranched alkanes of at least 4 members (excludes halogenated alkanes) is 6. The second-order valence-electron chi connectivity index (χ2n) is 3.89. The summed E-state index contributed by atoms with van der Waals surface area (Å²) >= 11 is 0. The molecule has 92 valence electrons. The Morgan fingerprint density at radius 1 is 0.800 bits per heavy atom. The molecular weight excluding hydrogens is 192 g/mol. The third-order valence-corrected chi connectivity index (χ3v) is 2.62. The lowest BCUT2D eigenvalue weighted by atomic mass is 10.1. The van der Waals surface area contributed by atoms with E-state index in [0.717, 1.165) is 19.3 Å². The van der Waals surface area contributed by atoms with Gasteiger partial charge in [0, 0.05) is 20.8 Å². The Bertz CT molecular complexity index is 113. The quantitative estimate of drug-likeness (QED) is 0.428. The van der Waals surface area contributed by atoms with Gasteiger partial charge in [-0.15, -0.1) is 0 Å². The number of rotatable bonds is 11. The fourth-order valence-electron chi connectivity index (χ4n) is 1.64. The number of aliphatic hydroxyl groups excluding tert-OH is 1. The maximum Gasteiger partial charge on any atom is 0.156 e. The summed E-state index contributed by atoms with van der Waals surface area (Å²) in [7, 11) is 3.37. The molecule has 0 radical (unpaired) electrons. The molecule has 1 N–H and O–H groups in total. The van der Waals surface area contributed by atoms with E-state index in [9.17, 15) is 0 Å². The van der Waals surface area contributed by atoms with Crippen LogP contribution < -0.4 is 0 Å². The first kappa shape index (κ1) is 14.9. The first-order valence-electron chi connectivity index (χ1n) is 6.01. The van der Waals surface area contributed by atoms with Crippen LogP contribution in [0.1, 0.15) is 51.4 Å². The van der Waals surface area contributed by atoms with E-state index >= 15 is 0 Å². The molecule has 0 heterocycles. The zero-order chi connectivity index (χ0) is 11.4. The van der Waals surface area contributed by atoms with Gasteiger partial charge in [-0.3, -0.25) is 0 Å². The van der Waals surface area contributed by atoms with Crippen LogP contribution in [0.15, 0.2) is 0 Å². The highest BCUT2D eigenvalue weighted by molar-refractivity contribution is 4.48. The SMILES string of the molecule is COC(CCCCCCCCCO)OC. The fourth-order valence-corrected chi connectivity index (χ4v) is 1.64. The maximum absolute atomic E-state index is 8.59. The minimum Gasteiger partial charge on any atom is -0.396 e. The zero-order valence-electron chi connectivity index (χ0n) is 10.2. The Kier molecular flexibility index (Phi) is 11.9. The first-order chi connectivity index (χ1) is 7.35. The number of hydrogen-bond donors (Lipinski definition) is 1. The molecule has 0 aliphatic rings. The summed E-state index contributed by atoms with van der Waals surface area (Å²) in [6, 6.07) is 0. The van der Waals surface area contributed by atoms with Gasteiger partial charge in [-0.2, -0.15) is 0 Å². The normalized spacial score (nSPS) is 11.2. The van der Waals surface area contributed by atoms with Gasteiger partial charge >= 0.3 is 0 Å². The summed E-state index contributed by atoms with van der Waals surface area (Å²) < 4.78 is 10.2. The van der Waals surface area contributed by atoms with Gasteiger partial charge in [-0.25, -0.2) is 0 Å². The van der Waals surface area contributed by atoms with E-state index in [-0.39, 0.29) is 6.29 Å². The monoisotopic (exact) mass is 218 g/mol. The Labute approximate surface area is 93.8 Å². The van der Waals surface area contributed by atoms with Gasteiger partial charge in [0.05, 0.1) is 0 Å². The van der Waals surface area contributed by atoms with Crippen LogP contribution >= 0.6 is 0 Å². The second kappa shape index (κ2) is 12.0. The minimum atomic E-state index is -0.0283. The third kappa shape index (κ3) is 10.2. The lowest BCUT2D eigenvalue weighted by molar-refractivity contribution is -0.107. The Balaban J connectivity index is 3.04. The minimum absolute atomic E-state index is 0.0283. The van der Waals surface area contributed by atoms with Crippen LogP contribution in [0.5, 0.6) is 0 Å². The van der Waals surface area contributed by atoms with Crippen LogP contribution in [0.3, 0.4) is 0 Å². The molecule has 0 saturated carbocycles. The highest BCUT2D eigenvalue weighted by Crippen LogP contribution is 2.10. The van der Waals surface area contributed by atoms with Gasteiger partial charge in [-0.1, -0.05) is 32.1 Å². The summed E-state index contributed by atoms with van der Waals surface area (Å²) in [4.78, 5) is 0. The Morgan fingerprint density at radius 2 is 1.27 bits per heavy atom. The van der Waals surface area contributed by atoms with Crippen LogP contribution in [0, 0.1) is 0 Å². The van der Waals surface area contributed by atoms with Crippen molar-refractivity contribution in [2.24, 2.45) is 0 Å². The van der Waals surface area contributed by atoms with Gasteiger partial charge in [0.2, 0.25) is 0 Å². The van der Waals surface area contributed by atoms with Crippen molar-refractivity contribution in [3.63, 3.8) is 0 Å². The average Bonchev–Trinajstić information content (AvgIpc) is 2.27. The second-order valence-corrected chi connectivity index (χ2v) is 3.89. The number of hydrogen-bond acceptors (Lipinski definition) is 3. The largest absolute Gasteiger partial charge is 0.396 e. The van der Waals surface area contributed by atoms with Crippen molar-refractivity contribution in [1.29, 1.82) is 0 Å². The van der Waals surface area contributed by atoms with Crippen LogP contribution in [0.2, 0.25) is 0 Å². The topological polar surface area (TPSA) is 38.7 Å². The predicted molar refractivity (Wildman–Crippen MR) is 61.8 cm³/mol. The number of aliphatic hydroxyl groups is 1. The van der Waals surface area contributed by atoms with Crippen LogP contribution in [0.4, 0.5) is 0 Å². The van der Waals surface area contributed by atoms with E-state index in [2.05, 4.69) is 0 Å². The van der Waals surface area contributed by atoms with Crippen LogP contribution in [-0.4, -0.2) is 32.2 Å². The molecule has 0 atom stereocenters. The van der Waals surface area contributed by atoms with Crippen molar-refractivity contribution in [1.82, 2.24) is 0 Å². The summed E-state index contributed by atoms with van der Waals surface area (Å²) in [6.45, 7) is 0.337. The van der Waals surface area contributed by atoms with E-state index in [1.165, 1.54) is 32.1 Å². The van der Waals surface area contributed by atoms with Gasteiger partial charge in [0.25, 0.3) is 0 Å². The van der Waals surface area contributed by atoms with Crippen molar-refractivity contribution in [2.75, 3.05) is 20.8 Å². The molecule has 0 aromatic heterocycles. The van der Waals surface area contributed by atoms with E-state index in [1.807, 2.05) is 0 Å². The van der Waals surface area contributed by atoms with Gasteiger partial charge in [0.15, 0.2) is 6.29 Å². The molecule has 0 aromatic carbocycles. The molecule has 0 spiro atoms. The highest BCUT2D eigenvalue weighted by Gasteiger charge is 2.03. The molecule has 0 bridgehead atoms. The van der Waals surface area contributed by atoms with Crippen molar-refractivity contribution < 1.29 is 14.6 Å². The van der Waals surface area contributed by atoms with E-state index in [0.29, 0.717) is 6.61 Å². The molecule has 0 aromatic rings. The van der Waals surface area contributed by atoms with Crippen LogP contribution in [0.25, 0.3) is 0 Å². The maximum atomic E-state index is 8.59. The lowest BCUT2D eigenvalue weighted by Gasteiger charge is -2.12. The third-order valence-electron chi connectivity index (χ3n) is 2.62. The summed E-state index contributed by atoms with van der Waals surface area (Å²) in [5, 5.41) is 8.59. The van der Waals surface area contributed by atoms with Gasteiger partial charge < -0.3 is 14.6 Å². The highest BCUT2D eigenvalue weighted by atomic mass is 16.7. The molecule has 3 nitrogen and oxygen atoms in total. The summed E-state index contributed by atoms with van der Waals surface area (Å²) in [5.41, 5.74) is 0. The lowest BCUT2D eigenvalue weighted by Crippen LogP contribution is -2.12. The molecule has 0 saturated heterocycles. The van der Waals surface area contributed by atoms with Crippen LogP contribution in [-0.2, 0) is 9.47 Å². The fraction of sp³-hybridized carbons (Fsp3) is 1.00. The predicted octanol–water partition coefficient (Wildman–Crippen LogP) is 2.72. The molecule has 0 unspecified atom stereocenters. The summed E-state index contributed by atoms with van der Waals surface area (Å²) in [5.74, 6) is 0. The van der Waals surface area contributed by atoms with Crippen molar-refractivity contribution >= 4 is 0 Å². The molecule has 3 heteroatoms. The Morgan fingerprint density at radius 3 is 1.73 bits per heavy atom. The zero-order valence-corrected chi connectivity index (χ0v) is 10.2. The Hall–Kier alpha value is -0.120. The molecule has 0 fully saturated rings. The van der Waals surface area contributed by atoms with Crippen molar-refractivity contribution in [3.05, 3.63) is 0 Å². The molecule has 0 aliphatic heterocycles.